The number of nitrogens with zero attached hydrogens (tertiary/aromatic N) is 1. The van der Waals surface area contributed by atoms with E-state index in [0.717, 1.165) is 7.96 Å². The summed E-state index contributed by atoms with van der Waals surface area (Å²) in [6.07, 6.45) is 0. The van der Waals surface area contributed by atoms with Crippen LogP contribution in [-0.2, 0) is 0 Å². The minimum Gasteiger partial charge on any atom is -0.223 e. The summed E-state index contributed by atoms with van der Waals surface area (Å²) in [4.78, 5) is 0. The minimum absolute atomic E-state index is 0.109. The van der Waals surface area contributed by atoms with Gasteiger partial charge in [0.05, 0.1) is 5.71 Å². The molecule has 1 rings (SSSR count). The summed E-state index contributed by atoms with van der Waals surface area (Å²) in [7, 11) is 6.45. The van der Waals surface area contributed by atoms with Crippen molar-refractivity contribution >= 4 is 55.4 Å². The molecule has 1 heterocycles. The van der Waals surface area contributed by atoms with Crippen LogP contribution >= 0.6 is 43.8 Å². The molecule has 1 aliphatic heterocycles. The van der Waals surface area contributed by atoms with E-state index >= 15 is 0 Å². The van der Waals surface area contributed by atoms with E-state index in [1.165, 1.54) is 15.9 Å². The van der Waals surface area contributed by atoms with Crippen molar-refractivity contribution in [1.82, 2.24) is 0 Å². The highest BCUT2D eigenvalue weighted by atomic mass is 32.6. The number of hydrogen-bond donors (Lipinski definition) is 0. The monoisotopic (exact) mass is 339 g/mol. The van der Waals surface area contributed by atoms with Gasteiger partial charge < -0.3 is 0 Å². The summed E-state index contributed by atoms with van der Waals surface area (Å²) in [6.45, 7) is 13.7. The van der Waals surface area contributed by atoms with Crippen LogP contribution in [0, 0.1) is 10.8 Å². The Morgan fingerprint density at radius 2 is 1.67 bits per heavy atom. The van der Waals surface area contributed by atoms with Gasteiger partial charge in [0.15, 0.2) is 0 Å². The molecule has 104 valence electrons. The van der Waals surface area contributed by atoms with Crippen molar-refractivity contribution in [3.8, 4) is 0 Å². The molecule has 0 N–H and O–H groups in total. The largest absolute Gasteiger partial charge is 0.223 e. The topological polar surface area (TPSA) is 12.4 Å². The van der Waals surface area contributed by atoms with Crippen molar-refractivity contribution < 1.29 is 0 Å². The van der Waals surface area contributed by atoms with E-state index in [1.54, 1.807) is 0 Å². The fourth-order valence-electron chi connectivity index (χ4n) is 1.90. The lowest BCUT2D eigenvalue weighted by Crippen LogP contribution is -2.27. The molecule has 0 saturated heterocycles. The van der Waals surface area contributed by atoms with Gasteiger partial charge in [-0.3, -0.25) is 0 Å². The van der Waals surface area contributed by atoms with Crippen LogP contribution in [0.3, 0.4) is 0 Å². The fraction of sp³-hybridized carbons (Fsp3) is 0.667. The first-order chi connectivity index (χ1) is 8.00. The molecule has 0 saturated carbocycles. The van der Waals surface area contributed by atoms with Gasteiger partial charge in [0, 0.05) is 10.1 Å². The highest BCUT2D eigenvalue weighted by molar-refractivity contribution is 8.65. The van der Waals surface area contributed by atoms with Gasteiger partial charge in [-0.15, -0.1) is 17.9 Å². The molecule has 18 heavy (non-hydrogen) atoms. The lowest BCUT2D eigenvalue weighted by Gasteiger charge is -2.30. The van der Waals surface area contributed by atoms with Gasteiger partial charge in [0.2, 0.25) is 0 Å². The molecule has 0 spiro atoms. The second kappa shape index (κ2) is 6.00. The number of allylic oxidation sites excluding steroid dienone is 1. The first-order valence-electron chi connectivity index (χ1n) is 5.89. The average molecular weight is 339 g/mol. The first-order valence-corrected chi connectivity index (χ1v) is 13.9. The fourth-order valence-corrected chi connectivity index (χ4v) is 10.6. The molecule has 0 aromatic rings. The van der Waals surface area contributed by atoms with Crippen molar-refractivity contribution in [1.29, 1.82) is 0 Å². The number of hydrogen-bond acceptors (Lipinski definition) is 1. The van der Waals surface area contributed by atoms with E-state index in [1.807, 2.05) is 0 Å². The van der Waals surface area contributed by atoms with Crippen LogP contribution in [0.1, 0.15) is 41.5 Å². The summed E-state index contributed by atoms with van der Waals surface area (Å²) >= 11 is 0. The standard InChI is InChI=1S/C12H25NP4S/c1-11(2,3)8-9(12(4,5)6)13-18(7)10(8)17(15)16-14/h16H,7,14-15H2,1-6H3. The van der Waals surface area contributed by atoms with Crippen molar-refractivity contribution in [2.24, 2.45) is 15.2 Å². The molecule has 0 aromatic carbocycles. The van der Waals surface area contributed by atoms with Gasteiger partial charge in [0.1, 0.15) is 0 Å². The van der Waals surface area contributed by atoms with E-state index in [2.05, 4.69) is 65.3 Å². The Balaban J connectivity index is 3.47. The highest BCUT2D eigenvalue weighted by Gasteiger charge is 2.38. The molecule has 0 aromatic heterocycles. The zero-order valence-electron chi connectivity index (χ0n) is 12.2. The van der Waals surface area contributed by atoms with Crippen LogP contribution in [0.25, 0.3) is 0 Å². The molecule has 1 nitrogen and oxygen atoms in total. The minimum atomic E-state index is -0.175. The predicted octanol–water partition coefficient (Wildman–Crippen LogP) is 6.02. The van der Waals surface area contributed by atoms with E-state index in [9.17, 15) is 0 Å². The van der Waals surface area contributed by atoms with Crippen LogP contribution in [0.5, 0.6) is 0 Å². The summed E-state index contributed by atoms with van der Waals surface area (Å²) in [5.74, 6) is 4.30. The quantitative estimate of drug-likeness (QED) is 0.431. The van der Waals surface area contributed by atoms with Crippen LogP contribution < -0.4 is 0 Å². The molecule has 0 amide bonds. The van der Waals surface area contributed by atoms with Gasteiger partial charge in [-0.1, -0.05) is 49.5 Å². The Morgan fingerprint density at radius 1 is 1.17 bits per heavy atom. The maximum atomic E-state index is 4.92. The Bertz CT molecular complexity index is 426. The van der Waals surface area contributed by atoms with Crippen molar-refractivity contribution in [3.05, 3.63) is 10.2 Å². The molecule has 0 fully saturated rings. The second-order valence-corrected chi connectivity index (χ2v) is 17.2. The molecular formula is C12H25NP4S. The van der Waals surface area contributed by atoms with Gasteiger partial charge in [-0.2, -0.15) is 0 Å². The van der Waals surface area contributed by atoms with E-state index < -0.39 is 0 Å². The summed E-state index contributed by atoms with van der Waals surface area (Å²) in [5.41, 5.74) is 3.02. The summed E-state index contributed by atoms with van der Waals surface area (Å²) in [5, 5.41) is 0. The lowest BCUT2D eigenvalue weighted by molar-refractivity contribution is 0.503. The summed E-state index contributed by atoms with van der Waals surface area (Å²) < 4.78 is 6.43. The highest BCUT2D eigenvalue weighted by Crippen LogP contribution is 2.77. The molecule has 0 aliphatic carbocycles. The maximum absolute atomic E-state index is 4.92. The SMILES string of the molecule is C=S1N=C(C(C)(C)C)C(C(C)(C)C)=C1P(P)PP. The molecule has 1 aliphatic rings. The van der Waals surface area contributed by atoms with Crippen LogP contribution in [0.2, 0.25) is 0 Å². The molecule has 0 bridgehead atoms. The zero-order chi connectivity index (χ0) is 14.3. The zero-order valence-corrected chi connectivity index (χ0v) is 17.2. The summed E-state index contributed by atoms with van der Waals surface area (Å²) in [6, 6.07) is 0. The maximum Gasteiger partial charge on any atom is 0.0587 e. The Kier molecular flexibility index (Phi) is 5.80. The third kappa shape index (κ3) is 3.71. The third-order valence-electron chi connectivity index (χ3n) is 2.69. The Morgan fingerprint density at radius 3 is 2.00 bits per heavy atom. The smallest absolute Gasteiger partial charge is 0.0587 e. The Labute approximate surface area is 122 Å². The molecule has 5 atom stereocenters. The third-order valence-corrected chi connectivity index (χ3v) is 15.8. The molecule has 5 unspecified atom stereocenters. The van der Waals surface area contributed by atoms with E-state index in [0.29, 0.717) is 0 Å². The van der Waals surface area contributed by atoms with Crippen LogP contribution in [0.15, 0.2) is 14.6 Å². The van der Waals surface area contributed by atoms with Crippen molar-refractivity contribution in [2.45, 2.75) is 41.5 Å². The normalized spacial score (nSPS) is 24.0. The van der Waals surface area contributed by atoms with Crippen molar-refractivity contribution in [3.63, 3.8) is 0 Å². The lowest BCUT2D eigenvalue weighted by atomic mass is 9.76. The van der Waals surface area contributed by atoms with Crippen LogP contribution in [-0.4, -0.2) is 11.6 Å². The Hall–Kier alpha value is 1.35. The van der Waals surface area contributed by atoms with Gasteiger partial charge in [-0.25, -0.2) is 4.40 Å². The van der Waals surface area contributed by atoms with E-state index in [4.69, 9.17) is 4.40 Å². The molecule has 0 radical (unpaired) electrons. The first kappa shape index (κ1) is 17.4. The predicted molar refractivity (Wildman–Crippen MR) is 103 cm³/mol. The molecule has 6 heteroatoms. The molecular weight excluding hydrogens is 314 g/mol. The van der Waals surface area contributed by atoms with Crippen molar-refractivity contribution in [2.75, 3.05) is 0 Å². The van der Waals surface area contributed by atoms with E-state index in [-0.39, 0.29) is 28.8 Å². The number of rotatable bonds is 2. The van der Waals surface area contributed by atoms with Gasteiger partial charge in [0.25, 0.3) is 0 Å². The second-order valence-electron chi connectivity index (χ2n) is 6.48. The van der Waals surface area contributed by atoms with Gasteiger partial charge in [-0.05, 0) is 34.8 Å². The van der Waals surface area contributed by atoms with Gasteiger partial charge >= 0.3 is 0 Å². The van der Waals surface area contributed by atoms with Crippen LogP contribution in [0.4, 0.5) is 0 Å². The average Bonchev–Trinajstić information content (AvgIpc) is 2.53.